The molecule has 0 bridgehead atoms. The lowest BCUT2D eigenvalue weighted by molar-refractivity contribution is -0.111. The largest absolute Gasteiger partial charge is 0.493 e. The van der Waals surface area contributed by atoms with E-state index in [9.17, 15) is 4.79 Å². The molecule has 1 aromatic heterocycles. The van der Waals surface area contributed by atoms with Gasteiger partial charge >= 0.3 is 0 Å². The van der Waals surface area contributed by atoms with Gasteiger partial charge in [-0.15, -0.1) is 0 Å². The van der Waals surface area contributed by atoms with Gasteiger partial charge in [0, 0.05) is 39.4 Å². The first-order chi connectivity index (χ1) is 16.4. The van der Waals surface area contributed by atoms with Crippen LogP contribution in [0.3, 0.4) is 0 Å². The molecule has 0 saturated heterocycles. The van der Waals surface area contributed by atoms with Gasteiger partial charge in [0.25, 0.3) is 0 Å². The van der Waals surface area contributed by atoms with Crippen molar-refractivity contribution in [2.24, 2.45) is 0 Å². The number of carbonyl (C=O) groups excluding carboxylic acids is 1. The molecule has 4 nitrogen and oxygen atoms in total. The second-order valence-corrected chi connectivity index (χ2v) is 8.96. The fourth-order valence-electron chi connectivity index (χ4n) is 3.90. The Labute approximate surface area is 205 Å². The summed E-state index contributed by atoms with van der Waals surface area (Å²) in [6, 6.07) is 19.5. The van der Waals surface area contributed by atoms with Crippen molar-refractivity contribution in [3.8, 4) is 16.9 Å². The van der Waals surface area contributed by atoms with Crippen LogP contribution in [0.5, 0.6) is 5.75 Å². The van der Waals surface area contributed by atoms with Gasteiger partial charge in [-0.3, -0.25) is 4.79 Å². The summed E-state index contributed by atoms with van der Waals surface area (Å²) >= 11 is 6.06. The molecule has 3 aromatic carbocycles. The highest BCUT2D eigenvalue weighted by atomic mass is 35.5. The minimum atomic E-state index is -0.192. The Morgan fingerprint density at radius 1 is 1.09 bits per heavy atom. The van der Waals surface area contributed by atoms with Crippen LogP contribution in [0, 0.1) is 0 Å². The van der Waals surface area contributed by atoms with E-state index in [0.717, 1.165) is 38.9 Å². The Balaban J connectivity index is 1.67. The first-order valence-corrected chi connectivity index (χ1v) is 11.8. The summed E-state index contributed by atoms with van der Waals surface area (Å²) in [7, 11) is 0. The first-order valence-electron chi connectivity index (χ1n) is 11.4. The number of fused-ring (bicyclic) bond motifs is 1. The molecule has 0 radical (unpaired) electrons. The number of hydrogen-bond acceptors (Lipinski definition) is 3. The van der Waals surface area contributed by atoms with Crippen molar-refractivity contribution in [3.05, 3.63) is 89.2 Å². The van der Waals surface area contributed by atoms with Crippen LogP contribution in [0.4, 0.5) is 5.69 Å². The molecular weight excluding hydrogens is 446 g/mol. The van der Waals surface area contributed by atoms with Crippen molar-refractivity contribution in [2.45, 2.75) is 33.6 Å². The lowest BCUT2D eigenvalue weighted by Gasteiger charge is -2.12. The van der Waals surface area contributed by atoms with E-state index < -0.39 is 0 Å². The molecular formula is C29H28ClNO3. The highest BCUT2D eigenvalue weighted by molar-refractivity contribution is 6.30. The molecule has 0 aliphatic carbocycles. The predicted octanol–water partition coefficient (Wildman–Crippen LogP) is 8.32. The summed E-state index contributed by atoms with van der Waals surface area (Å²) in [6.07, 6.45) is 3.34. The Morgan fingerprint density at radius 2 is 1.79 bits per heavy atom. The van der Waals surface area contributed by atoms with Crippen molar-refractivity contribution in [1.82, 2.24) is 0 Å². The maximum atomic E-state index is 12.8. The minimum absolute atomic E-state index is 0.192. The third kappa shape index (κ3) is 5.18. The molecule has 0 unspecified atom stereocenters. The number of anilines is 1. The van der Waals surface area contributed by atoms with Crippen LogP contribution in [0.25, 0.3) is 27.7 Å². The van der Waals surface area contributed by atoms with Crippen molar-refractivity contribution < 1.29 is 13.9 Å². The van der Waals surface area contributed by atoms with Crippen LogP contribution in [0.2, 0.25) is 5.02 Å². The number of nitrogens with one attached hydrogen (secondary N) is 1. The molecule has 0 aliphatic rings. The number of carbonyl (C=O) groups is 1. The normalized spacial score (nSPS) is 11.8. The standard InChI is InChI=1S/C29H28ClNO3/c1-5-33-27-16-28-25(26(17-34-28)21-6-10-22(30)11-7-21)15-24(27)19(4)14-29(32)31-23-12-8-20(9-13-23)18(2)3/h6-18H,5H2,1-4H3,(H,31,32)/b19-14+. The number of rotatable bonds is 7. The zero-order valence-corrected chi connectivity index (χ0v) is 20.6. The fourth-order valence-corrected chi connectivity index (χ4v) is 4.02. The Bertz CT molecular complexity index is 1330. The topological polar surface area (TPSA) is 51.5 Å². The van der Waals surface area contributed by atoms with Gasteiger partial charge < -0.3 is 14.5 Å². The molecule has 5 heteroatoms. The van der Waals surface area contributed by atoms with Crippen molar-refractivity contribution >= 4 is 39.7 Å². The van der Waals surface area contributed by atoms with Gasteiger partial charge in [-0.25, -0.2) is 0 Å². The monoisotopic (exact) mass is 473 g/mol. The van der Waals surface area contributed by atoms with Gasteiger partial charge in [-0.1, -0.05) is 49.7 Å². The van der Waals surface area contributed by atoms with Crippen LogP contribution >= 0.6 is 11.6 Å². The smallest absolute Gasteiger partial charge is 0.248 e. The van der Waals surface area contributed by atoms with Crippen LogP contribution in [-0.4, -0.2) is 12.5 Å². The predicted molar refractivity (Wildman–Crippen MR) is 141 cm³/mol. The van der Waals surface area contributed by atoms with E-state index in [2.05, 4.69) is 19.2 Å². The molecule has 1 heterocycles. The number of amides is 1. The maximum Gasteiger partial charge on any atom is 0.248 e. The van der Waals surface area contributed by atoms with Gasteiger partial charge in [0.15, 0.2) is 0 Å². The molecule has 0 saturated carbocycles. The molecule has 0 spiro atoms. The van der Waals surface area contributed by atoms with Crippen LogP contribution in [0.15, 0.2) is 77.4 Å². The summed E-state index contributed by atoms with van der Waals surface area (Å²) in [4.78, 5) is 12.8. The molecule has 34 heavy (non-hydrogen) atoms. The SMILES string of the molecule is CCOc1cc2occ(-c3ccc(Cl)cc3)c2cc1/C(C)=C/C(=O)Nc1ccc(C(C)C)cc1. The highest BCUT2D eigenvalue weighted by Crippen LogP contribution is 2.37. The van der Waals surface area contributed by atoms with Crippen LogP contribution < -0.4 is 10.1 Å². The second kappa shape index (κ2) is 10.2. The highest BCUT2D eigenvalue weighted by Gasteiger charge is 2.15. The van der Waals surface area contributed by atoms with E-state index >= 15 is 0 Å². The van der Waals surface area contributed by atoms with Gasteiger partial charge in [0.1, 0.15) is 11.3 Å². The van der Waals surface area contributed by atoms with Gasteiger partial charge in [-0.2, -0.15) is 0 Å². The maximum absolute atomic E-state index is 12.8. The third-order valence-electron chi connectivity index (χ3n) is 5.75. The van der Waals surface area contributed by atoms with Gasteiger partial charge in [0.05, 0.1) is 12.9 Å². The van der Waals surface area contributed by atoms with Crippen LogP contribution in [-0.2, 0) is 4.79 Å². The molecule has 4 aromatic rings. The van der Waals surface area contributed by atoms with E-state index in [4.69, 9.17) is 20.8 Å². The van der Waals surface area contributed by atoms with Gasteiger partial charge in [-0.05, 0) is 66.8 Å². The van der Waals surface area contributed by atoms with E-state index in [-0.39, 0.29) is 5.91 Å². The average molecular weight is 474 g/mol. The fraction of sp³-hybridized carbons (Fsp3) is 0.207. The zero-order valence-electron chi connectivity index (χ0n) is 19.8. The second-order valence-electron chi connectivity index (χ2n) is 8.53. The molecule has 0 fully saturated rings. The Kier molecular flexibility index (Phi) is 7.09. The number of ether oxygens (including phenoxy) is 1. The molecule has 0 atom stereocenters. The van der Waals surface area contributed by atoms with E-state index in [1.54, 1.807) is 12.3 Å². The summed E-state index contributed by atoms with van der Waals surface area (Å²) in [6.45, 7) is 8.63. The quantitative estimate of drug-likeness (QED) is 0.274. The van der Waals surface area contributed by atoms with Crippen molar-refractivity contribution in [1.29, 1.82) is 0 Å². The average Bonchev–Trinajstić information content (AvgIpc) is 3.22. The van der Waals surface area contributed by atoms with E-state index in [0.29, 0.717) is 23.3 Å². The zero-order chi connectivity index (χ0) is 24.2. The Hall–Kier alpha value is -3.50. The Morgan fingerprint density at radius 3 is 2.44 bits per heavy atom. The lowest BCUT2D eigenvalue weighted by atomic mass is 9.99. The van der Waals surface area contributed by atoms with Crippen LogP contribution in [0.1, 0.15) is 44.7 Å². The molecule has 0 aliphatic heterocycles. The molecule has 1 N–H and O–H groups in total. The van der Waals surface area contributed by atoms with E-state index in [1.807, 2.05) is 74.5 Å². The molecule has 4 rings (SSSR count). The lowest BCUT2D eigenvalue weighted by Crippen LogP contribution is -2.09. The summed E-state index contributed by atoms with van der Waals surface area (Å²) in [5.74, 6) is 0.928. The van der Waals surface area contributed by atoms with E-state index in [1.165, 1.54) is 5.56 Å². The number of allylic oxidation sites excluding steroid dienone is 1. The van der Waals surface area contributed by atoms with Crippen molar-refractivity contribution in [2.75, 3.05) is 11.9 Å². The summed E-state index contributed by atoms with van der Waals surface area (Å²) in [5.41, 5.74) is 6.32. The number of halogens is 1. The number of hydrogen-bond donors (Lipinski definition) is 1. The minimum Gasteiger partial charge on any atom is -0.493 e. The number of benzene rings is 3. The summed E-state index contributed by atoms with van der Waals surface area (Å²) < 4.78 is 11.7. The number of furan rings is 1. The summed E-state index contributed by atoms with van der Waals surface area (Å²) in [5, 5.41) is 4.57. The third-order valence-corrected chi connectivity index (χ3v) is 6.00. The molecule has 174 valence electrons. The molecule has 1 amide bonds. The van der Waals surface area contributed by atoms with Crippen molar-refractivity contribution in [3.63, 3.8) is 0 Å². The first kappa shape index (κ1) is 23.7. The van der Waals surface area contributed by atoms with Gasteiger partial charge in [0.2, 0.25) is 5.91 Å².